The van der Waals surface area contributed by atoms with Gasteiger partial charge in [0.2, 0.25) is 0 Å². The topological polar surface area (TPSA) is 43.8 Å². The Morgan fingerprint density at radius 3 is 2.63 bits per heavy atom. The Kier molecular flexibility index (Phi) is 8.56. The second-order valence-electron chi connectivity index (χ2n) is 6.12. The Morgan fingerprint density at radius 2 is 2.00 bits per heavy atom. The largest absolute Gasteiger partial charge is 0.356 e. The maximum absolute atomic E-state index is 13.1. The molecule has 1 aliphatic rings. The van der Waals surface area contributed by atoms with Crippen molar-refractivity contribution in [1.29, 1.82) is 0 Å². The highest BCUT2D eigenvalue weighted by atomic mass is 127. The van der Waals surface area contributed by atoms with E-state index in [2.05, 4.69) is 25.1 Å². The molecule has 0 radical (unpaired) electrons. The van der Waals surface area contributed by atoms with E-state index in [-0.39, 0.29) is 29.8 Å². The number of aliphatic imine (C=N–C) groups is 1. The number of anilines is 1. The minimum absolute atomic E-state index is 0. The third-order valence-electron chi connectivity index (χ3n) is 4.46. The lowest BCUT2D eigenvalue weighted by Crippen LogP contribution is -2.53. The minimum atomic E-state index is -0.312. The van der Waals surface area contributed by atoms with E-state index in [1.807, 2.05) is 24.4 Å². The van der Waals surface area contributed by atoms with E-state index in [1.165, 1.54) is 12.1 Å². The van der Waals surface area contributed by atoms with Crippen LogP contribution < -0.4 is 10.2 Å². The lowest BCUT2D eigenvalue weighted by atomic mass is 10.1. The van der Waals surface area contributed by atoms with E-state index in [0.29, 0.717) is 18.0 Å². The maximum atomic E-state index is 13.1. The number of piperazine rings is 1. The van der Waals surface area contributed by atoms with E-state index in [1.54, 1.807) is 13.1 Å². The van der Waals surface area contributed by atoms with Crippen LogP contribution in [0.1, 0.15) is 5.56 Å². The molecule has 8 heteroatoms. The third kappa shape index (κ3) is 5.93. The van der Waals surface area contributed by atoms with Crippen LogP contribution in [0.5, 0.6) is 0 Å². The Labute approximate surface area is 181 Å². The number of halogens is 3. The van der Waals surface area contributed by atoms with Crippen LogP contribution in [0.2, 0.25) is 5.02 Å². The van der Waals surface area contributed by atoms with E-state index >= 15 is 0 Å². The number of nitrogens with one attached hydrogen (secondary N) is 1. The van der Waals surface area contributed by atoms with Crippen molar-refractivity contribution in [1.82, 2.24) is 15.2 Å². The molecular weight excluding hydrogens is 480 g/mol. The summed E-state index contributed by atoms with van der Waals surface area (Å²) in [4.78, 5) is 13.3. The number of hydrogen-bond donors (Lipinski definition) is 1. The van der Waals surface area contributed by atoms with Gasteiger partial charge in [0.25, 0.3) is 0 Å². The highest BCUT2D eigenvalue weighted by Crippen LogP contribution is 2.17. The number of guanidine groups is 1. The molecule has 1 aromatic heterocycles. The van der Waals surface area contributed by atoms with Gasteiger partial charge in [-0.2, -0.15) is 0 Å². The van der Waals surface area contributed by atoms with Crippen molar-refractivity contribution in [2.75, 3.05) is 44.7 Å². The smallest absolute Gasteiger partial charge is 0.193 e. The molecule has 1 N–H and O–H groups in total. The molecule has 3 rings (SSSR count). The summed E-state index contributed by atoms with van der Waals surface area (Å²) in [6.07, 6.45) is 2.54. The van der Waals surface area contributed by atoms with Crippen molar-refractivity contribution in [3.63, 3.8) is 0 Å². The summed E-state index contributed by atoms with van der Waals surface area (Å²) in [7, 11) is 1.79. The quantitative estimate of drug-likeness (QED) is 0.394. The average molecular weight is 504 g/mol. The van der Waals surface area contributed by atoms with Crippen LogP contribution in [0.4, 0.5) is 10.2 Å². The molecule has 1 fully saturated rings. The lowest BCUT2D eigenvalue weighted by molar-refractivity contribution is 0.372. The van der Waals surface area contributed by atoms with Gasteiger partial charge in [0.1, 0.15) is 11.6 Å². The first-order valence-electron chi connectivity index (χ1n) is 8.73. The molecule has 5 nitrogen and oxygen atoms in total. The summed E-state index contributed by atoms with van der Waals surface area (Å²) in [6.45, 7) is 4.27. The van der Waals surface area contributed by atoms with Gasteiger partial charge in [0.15, 0.2) is 5.96 Å². The Bertz CT molecular complexity index is 751. The number of rotatable bonds is 4. The van der Waals surface area contributed by atoms with Crippen LogP contribution in [0.25, 0.3) is 0 Å². The molecule has 146 valence electrons. The zero-order valence-electron chi connectivity index (χ0n) is 15.2. The Balaban J connectivity index is 0.00000261. The minimum Gasteiger partial charge on any atom is -0.356 e. The SMILES string of the molecule is CN=C(NCCc1ccc(F)cc1Cl)N1CCN(c2ccccn2)CC1.I. The van der Waals surface area contributed by atoms with Crippen LogP contribution >= 0.6 is 35.6 Å². The molecule has 0 atom stereocenters. The van der Waals surface area contributed by atoms with Gasteiger partial charge in [0, 0.05) is 51.0 Å². The van der Waals surface area contributed by atoms with Gasteiger partial charge in [-0.05, 0) is 36.2 Å². The van der Waals surface area contributed by atoms with Gasteiger partial charge in [-0.3, -0.25) is 4.99 Å². The molecule has 2 aromatic rings. The molecule has 0 saturated carbocycles. The normalized spacial score (nSPS) is 14.7. The lowest BCUT2D eigenvalue weighted by Gasteiger charge is -2.37. The van der Waals surface area contributed by atoms with E-state index < -0.39 is 0 Å². The fourth-order valence-electron chi connectivity index (χ4n) is 3.05. The molecule has 1 aliphatic heterocycles. The summed E-state index contributed by atoms with van der Waals surface area (Å²) in [6, 6.07) is 10.5. The van der Waals surface area contributed by atoms with Crippen molar-refractivity contribution in [2.24, 2.45) is 4.99 Å². The van der Waals surface area contributed by atoms with Gasteiger partial charge in [-0.25, -0.2) is 9.37 Å². The Hall–Kier alpha value is -1.61. The molecular formula is C19H24ClFIN5. The second-order valence-corrected chi connectivity index (χ2v) is 6.53. The molecule has 0 aliphatic carbocycles. The number of pyridine rings is 1. The predicted molar refractivity (Wildman–Crippen MR) is 120 cm³/mol. The molecule has 0 bridgehead atoms. The first kappa shape index (κ1) is 21.7. The van der Waals surface area contributed by atoms with Gasteiger partial charge in [-0.15, -0.1) is 24.0 Å². The van der Waals surface area contributed by atoms with Gasteiger partial charge < -0.3 is 15.1 Å². The number of hydrogen-bond acceptors (Lipinski definition) is 3. The molecule has 2 heterocycles. The fourth-order valence-corrected chi connectivity index (χ4v) is 3.32. The van der Waals surface area contributed by atoms with E-state index in [0.717, 1.165) is 43.5 Å². The van der Waals surface area contributed by atoms with Crippen molar-refractivity contribution < 1.29 is 4.39 Å². The van der Waals surface area contributed by atoms with Crippen LogP contribution in [-0.4, -0.2) is 55.6 Å². The monoisotopic (exact) mass is 503 g/mol. The number of nitrogens with zero attached hydrogens (tertiary/aromatic N) is 4. The Morgan fingerprint density at radius 1 is 1.22 bits per heavy atom. The van der Waals surface area contributed by atoms with E-state index in [4.69, 9.17) is 11.6 Å². The summed E-state index contributed by atoms with van der Waals surface area (Å²) in [5, 5.41) is 3.84. The molecule has 0 amide bonds. The van der Waals surface area contributed by atoms with Crippen LogP contribution in [-0.2, 0) is 6.42 Å². The highest BCUT2D eigenvalue weighted by Gasteiger charge is 2.20. The van der Waals surface area contributed by atoms with E-state index in [9.17, 15) is 4.39 Å². The number of aromatic nitrogens is 1. The zero-order valence-corrected chi connectivity index (χ0v) is 18.3. The molecule has 1 aromatic carbocycles. The summed E-state index contributed by atoms with van der Waals surface area (Å²) in [5.41, 5.74) is 0.927. The first-order valence-corrected chi connectivity index (χ1v) is 9.10. The van der Waals surface area contributed by atoms with Gasteiger partial charge in [0.05, 0.1) is 0 Å². The van der Waals surface area contributed by atoms with Crippen molar-refractivity contribution >= 4 is 47.4 Å². The van der Waals surface area contributed by atoms with Crippen molar-refractivity contribution in [3.8, 4) is 0 Å². The first-order chi connectivity index (χ1) is 12.7. The molecule has 0 unspecified atom stereocenters. The van der Waals surface area contributed by atoms with Gasteiger partial charge >= 0.3 is 0 Å². The number of benzene rings is 1. The van der Waals surface area contributed by atoms with Crippen molar-refractivity contribution in [2.45, 2.75) is 6.42 Å². The standard InChI is InChI=1S/C19H23ClFN5.HI/c1-22-19(24-9-7-15-5-6-16(21)14-17(15)20)26-12-10-25(11-13-26)18-4-2-3-8-23-18;/h2-6,8,14H,7,9-13H2,1H3,(H,22,24);1H. The van der Waals surface area contributed by atoms with Gasteiger partial charge in [-0.1, -0.05) is 23.7 Å². The predicted octanol–water partition coefficient (Wildman–Crippen LogP) is 3.43. The maximum Gasteiger partial charge on any atom is 0.193 e. The fraction of sp³-hybridized carbons (Fsp3) is 0.368. The summed E-state index contributed by atoms with van der Waals surface area (Å²) < 4.78 is 13.1. The van der Waals surface area contributed by atoms with Crippen LogP contribution in [0.3, 0.4) is 0 Å². The average Bonchev–Trinajstić information content (AvgIpc) is 2.68. The molecule has 0 spiro atoms. The third-order valence-corrected chi connectivity index (χ3v) is 4.81. The second kappa shape index (κ2) is 10.7. The summed E-state index contributed by atoms with van der Waals surface area (Å²) >= 11 is 6.08. The molecule has 27 heavy (non-hydrogen) atoms. The molecule has 1 saturated heterocycles. The van der Waals surface area contributed by atoms with Crippen LogP contribution in [0.15, 0.2) is 47.6 Å². The summed E-state index contributed by atoms with van der Waals surface area (Å²) in [5.74, 6) is 1.58. The van der Waals surface area contributed by atoms with Crippen LogP contribution in [0, 0.1) is 5.82 Å². The van der Waals surface area contributed by atoms with Crippen molar-refractivity contribution in [3.05, 3.63) is 59.0 Å². The highest BCUT2D eigenvalue weighted by molar-refractivity contribution is 14.0. The zero-order chi connectivity index (χ0) is 18.4.